The largest absolute Gasteiger partial charge is 0.476 e. The van der Waals surface area contributed by atoms with Crippen molar-refractivity contribution in [1.29, 1.82) is 0 Å². The summed E-state index contributed by atoms with van der Waals surface area (Å²) < 4.78 is 1.49. The molecule has 2 aromatic heterocycles. The van der Waals surface area contributed by atoms with E-state index >= 15 is 0 Å². The number of benzene rings is 1. The van der Waals surface area contributed by atoms with Crippen LogP contribution in [-0.4, -0.2) is 26.8 Å². The van der Waals surface area contributed by atoms with Crippen LogP contribution in [0.15, 0.2) is 47.8 Å². The van der Waals surface area contributed by atoms with E-state index in [1.807, 2.05) is 36.6 Å². The summed E-state index contributed by atoms with van der Waals surface area (Å²) in [4.78, 5) is 24.6. The zero-order chi connectivity index (χ0) is 17.1. The van der Waals surface area contributed by atoms with Gasteiger partial charge in [0.05, 0.1) is 6.54 Å². The normalized spacial score (nSPS) is 10.5. The smallest absolute Gasteiger partial charge is 0.356 e. The number of carbonyl (C=O) groups excluding carboxylic acids is 1. The molecule has 0 unspecified atom stereocenters. The number of carbonyl (C=O) groups is 2. The fourth-order valence-corrected chi connectivity index (χ4v) is 2.87. The van der Waals surface area contributed by atoms with Gasteiger partial charge in [0.25, 0.3) is 5.91 Å². The monoisotopic (exact) mass is 341 g/mol. The van der Waals surface area contributed by atoms with E-state index in [2.05, 4.69) is 10.4 Å². The maximum atomic E-state index is 12.4. The number of amides is 1. The van der Waals surface area contributed by atoms with Gasteiger partial charge in [0.15, 0.2) is 5.69 Å². The molecule has 0 fully saturated rings. The molecule has 24 heavy (non-hydrogen) atoms. The van der Waals surface area contributed by atoms with Gasteiger partial charge in [-0.05, 0) is 30.5 Å². The second kappa shape index (κ2) is 6.67. The Balaban J connectivity index is 1.86. The van der Waals surface area contributed by atoms with Gasteiger partial charge in [0.1, 0.15) is 5.82 Å². The summed E-state index contributed by atoms with van der Waals surface area (Å²) in [5.41, 5.74) is 1.45. The molecule has 0 atom stereocenters. The fraction of sp³-hybridized carbons (Fsp3) is 0.118. The first kappa shape index (κ1) is 15.9. The van der Waals surface area contributed by atoms with Crippen LogP contribution in [0.5, 0.6) is 0 Å². The third kappa shape index (κ3) is 3.52. The van der Waals surface area contributed by atoms with E-state index in [0.717, 1.165) is 10.4 Å². The van der Waals surface area contributed by atoms with Gasteiger partial charge in [-0.15, -0.1) is 11.3 Å². The summed E-state index contributed by atoms with van der Waals surface area (Å²) >= 11 is 1.54. The number of nitrogens with one attached hydrogen (secondary N) is 1. The molecule has 2 heterocycles. The lowest BCUT2D eigenvalue weighted by atomic mass is 10.1. The van der Waals surface area contributed by atoms with E-state index in [1.165, 1.54) is 10.7 Å². The lowest BCUT2D eigenvalue weighted by molar-refractivity contribution is 0.0689. The lowest BCUT2D eigenvalue weighted by Crippen LogP contribution is -2.16. The topological polar surface area (TPSA) is 84.2 Å². The molecule has 2 N–H and O–H groups in total. The van der Waals surface area contributed by atoms with Crippen LogP contribution in [0.1, 0.15) is 31.3 Å². The molecule has 0 bridgehead atoms. The Morgan fingerprint density at radius 1 is 1.25 bits per heavy atom. The predicted molar refractivity (Wildman–Crippen MR) is 91.7 cm³/mol. The maximum absolute atomic E-state index is 12.4. The highest BCUT2D eigenvalue weighted by molar-refractivity contribution is 7.09. The highest BCUT2D eigenvalue weighted by Gasteiger charge is 2.16. The molecule has 0 spiro atoms. The van der Waals surface area contributed by atoms with Crippen LogP contribution >= 0.6 is 11.3 Å². The molecule has 3 rings (SSSR count). The number of rotatable bonds is 5. The Hall–Kier alpha value is -2.93. The summed E-state index contributed by atoms with van der Waals surface area (Å²) in [5.74, 6) is -1.09. The van der Waals surface area contributed by atoms with Crippen molar-refractivity contribution in [3.05, 3.63) is 69.5 Å². The first-order valence-electron chi connectivity index (χ1n) is 7.24. The van der Waals surface area contributed by atoms with E-state index in [1.54, 1.807) is 23.5 Å². The van der Waals surface area contributed by atoms with Crippen LogP contribution in [-0.2, 0) is 6.54 Å². The molecule has 0 aliphatic heterocycles. The van der Waals surface area contributed by atoms with Crippen LogP contribution in [0.4, 0.5) is 5.82 Å². The third-order valence-corrected chi connectivity index (χ3v) is 4.30. The van der Waals surface area contributed by atoms with Gasteiger partial charge in [-0.25, -0.2) is 9.48 Å². The van der Waals surface area contributed by atoms with Crippen molar-refractivity contribution < 1.29 is 14.7 Å². The number of hydrogen-bond acceptors (Lipinski definition) is 4. The number of carboxylic acid groups (broad SMARTS) is 1. The lowest BCUT2D eigenvalue weighted by Gasteiger charge is -2.08. The highest BCUT2D eigenvalue weighted by Crippen LogP contribution is 2.17. The molecule has 0 aliphatic rings. The average Bonchev–Trinajstić information content (AvgIpc) is 3.19. The van der Waals surface area contributed by atoms with Crippen molar-refractivity contribution in [1.82, 2.24) is 9.78 Å². The summed E-state index contributed by atoms with van der Waals surface area (Å²) in [7, 11) is 0. The molecular formula is C17H15N3O3S. The summed E-state index contributed by atoms with van der Waals surface area (Å²) in [6, 6.07) is 12.3. The number of aromatic nitrogens is 2. The summed E-state index contributed by atoms with van der Waals surface area (Å²) in [6.45, 7) is 2.34. The van der Waals surface area contributed by atoms with Crippen molar-refractivity contribution in [2.24, 2.45) is 0 Å². The first-order chi connectivity index (χ1) is 11.5. The number of aromatic carboxylic acids is 1. The second-order valence-corrected chi connectivity index (χ2v) is 6.31. The minimum atomic E-state index is -1.13. The summed E-state index contributed by atoms with van der Waals surface area (Å²) in [6.07, 6.45) is 0. The molecule has 0 saturated carbocycles. The molecular weight excluding hydrogens is 326 g/mol. The van der Waals surface area contributed by atoms with Gasteiger partial charge >= 0.3 is 5.97 Å². The fourth-order valence-electron chi connectivity index (χ4n) is 2.19. The van der Waals surface area contributed by atoms with Gasteiger partial charge in [-0.2, -0.15) is 5.10 Å². The molecule has 1 amide bonds. The quantitative estimate of drug-likeness (QED) is 0.746. The van der Waals surface area contributed by atoms with Crippen molar-refractivity contribution in [2.75, 3.05) is 5.32 Å². The Morgan fingerprint density at radius 2 is 2.00 bits per heavy atom. The Bertz CT molecular complexity index is 867. The summed E-state index contributed by atoms with van der Waals surface area (Å²) in [5, 5.41) is 17.9. The van der Waals surface area contributed by atoms with Crippen LogP contribution in [0, 0.1) is 6.92 Å². The van der Waals surface area contributed by atoms with Crippen LogP contribution in [0.3, 0.4) is 0 Å². The minimum Gasteiger partial charge on any atom is -0.476 e. The molecule has 7 heteroatoms. The van der Waals surface area contributed by atoms with Crippen molar-refractivity contribution in [2.45, 2.75) is 13.5 Å². The zero-order valence-corrected chi connectivity index (χ0v) is 13.7. The Morgan fingerprint density at radius 3 is 2.62 bits per heavy atom. The van der Waals surface area contributed by atoms with E-state index in [4.69, 9.17) is 5.11 Å². The number of aryl methyl sites for hydroxylation is 1. The van der Waals surface area contributed by atoms with Crippen molar-refractivity contribution >= 4 is 29.0 Å². The highest BCUT2D eigenvalue weighted by atomic mass is 32.1. The van der Waals surface area contributed by atoms with Crippen LogP contribution in [0.2, 0.25) is 0 Å². The SMILES string of the molecule is Cc1ccc(C(=O)Nc2cc(C(=O)O)nn2Cc2cccs2)cc1. The van der Waals surface area contributed by atoms with Crippen LogP contribution in [0.25, 0.3) is 0 Å². The minimum absolute atomic E-state index is 0.106. The van der Waals surface area contributed by atoms with Gasteiger partial charge in [-0.3, -0.25) is 4.79 Å². The van der Waals surface area contributed by atoms with E-state index in [0.29, 0.717) is 17.9 Å². The molecule has 0 aliphatic carbocycles. The number of nitrogens with zero attached hydrogens (tertiary/aromatic N) is 2. The van der Waals surface area contributed by atoms with Crippen LogP contribution < -0.4 is 5.32 Å². The number of carboxylic acids is 1. The zero-order valence-electron chi connectivity index (χ0n) is 12.9. The van der Waals surface area contributed by atoms with E-state index in [-0.39, 0.29) is 11.6 Å². The van der Waals surface area contributed by atoms with Crippen molar-refractivity contribution in [3.8, 4) is 0 Å². The van der Waals surface area contributed by atoms with E-state index < -0.39 is 5.97 Å². The number of hydrogen-bond donors (Lipinski definition) is 2. The molecule has 3 aromatic rings. The average molecular weight is 341 g/mol. The predicted octanol–water partition coefficient (Wildman–Crippen LogP) is 3.25. The molecule has 6 nitrogen and oxygen atoms in total. The number of anilines is 1. The first-order valence-corrected chi connectivity index (χ1v) is 8.12. The number of thiophene rings is 1. The molecule has 0 saturated heterocycles. The maximum Gasteiger partial charge on any atom is 0.356 e. The van der Waals surface area contributed by atoms with Gasteiger partial charge in [0, 0.05) is 16.5 Å². The molecule has 1 aromatic carbocycles. The van der Waals surface area contributed by atoms with E-state index in [9.17, 15) is 9.59 Å². The molecule has 122 valence electrons. The standard InChI is InChI=1S/C17H15N3O3S/c1-11-4-6-12(7-5-11)16(21)18-15-9-14(17(22)23)19-20(15)10-13-3-2-8-24-13/h2-9H,10H2,1H3,(H,18,21)(H,22,23). The second-order valence-electron chi connectivity index (χ2n) is 5.28. The molecule has 0 radical (unpaired) electrons. The third-order valence-electron chi connectivity index (χ3n) is 3.44. The van der Waals surface area contributed by atoms with Gasteiger partial charge in [-0.1, -0.05) is 23.8 Å². The van der Waals surface area contributed by atoms with Crippen molar-refractivity contribution in [3.63, 3.8) is 0 Å². The van der Waals surface area contributed by atoms with Gasteiger partial charge < -0.3 is 10.4 Å². The van der Waals surface area contributed by atoms with Gasteiger partial charge in [0.2, 0.25) is 0 Å². The Kier molecular flexibility index (Phi) is 4.43. The Labute approximate surface area is 142 Å².